The lowest BCUT2D eigenvalue weighted by Gasteiger charge is -2.43. The van der Waals surface area contributed by atoms with Gasteiger partial charge in [-0.1, -0.05) is 147 Å². The molecule has 0 aliphatic carbocycles. The average Bonchev–Trinajstić information content (AvgIpc) is 3.64. The second-order valence-electron chi connectivity index (χ2n) is 20.3. The number of para-hydroxylation sites is 2. The second-order valence-corrected chi connectivity index (χ2v) is 21.3. The van der Waals surface area contributed by atoms with Gasteiger partial charge in [-0.2, -0.15) is 0 Å². The third-order valence-electron chi connectivity index (χ3n) is 13.1. The molecule has 11 rings (SSSR count). The van der Waals surface area contributed by atoms with Crippen molar-refractivity contribution >= 4 is 97.2 Å². The number of benzene rings is 7. The van der Waals surface area contributed by atoms with Crippen LogP contribution >= 0.6 is 11.8 Å². The summed E-state index contributed by atoms with van der Waals surface area (Å²) >= 11 is 1.85. The molecule has 0 spiro atoms. The van der Waals surface area contributed by atoms with Crippen LogP contribution < -0.4 is 31.3 Å². The van der Waals surface area contributed by atoms with Gasteiger partial charge in [0.2, 0.25) is 0 Å². The zero-order valence-electron chi connectivity index (χ0n) is 37.2. The molecule has 306 valence electrons. The Morgan fingerprint density at radius 2 is 0.968 bits per heavy atom. The van der Waals surface area contributed by atoms with E-state index in [1.807, 2.05) is 11.8 Å². The monoisotopic (exact) mass is 825 g/mol. The zero-order chi connectivity index (χ0) is 42.9. The van der Waals surface area contributed by atoms with E-state index in [0.29, 0.717) is 0 Å². The molecule has 0 fully saturated rings. The molecule has 4 heterocycles. The molecule has 4 nitrogen and oxygen atoms in total. The Hall–Kier alpha value is -6.11. The fraction of sp³-hybridized carbons (Fsp3) is 0.214. The number of anilines is 9. The normalized spacial score (nSPS) is 14.3. The number of nitrogens with zero attached hydrogens (tertiary/aromatic N) is 3. The molecule has 3 aliphatic rings. The maximum absolute atomic E-state index is 7.45. The molecule has 0 unspecified atom stereocenters. The lowest BCUT2D eigenvalue weighted by molar-refractivity contribution is 0.590. The number of fused-ring (bicyclic) bond motifs is 9. The van der Waals surface area contributed by atoms with E-state index in [1.165, 1.54) is 60.2 Å². The van der Waals surface area contributed by atoms with Crippen molar-refractivity contribution in [2.75, 3.05) is 14.7 Å². The van der Waals surface area contributed by atoms with Gasteiger partial charge in [-0.05, 0) is 123 Å². The maximum Gasteiger partial charge on any atom is 0.297 e. The van der Waals surface area contributed by atoms with Gasteiger partial charge in [0.1, 0.15) is 5.58 Å². The van der Waals surface area contributed by atoms with E-state index >= 15 is 0 Å². The quantitative estimate of drug-likeness (QED) is 0.165. The van der Waals surface area contributed by atoms with Gasteiger partial charge < -0.3 is 19.1 Å². The van der Waals surface area contributed by atoms with Gasteiger partial charge in [0.05, 0.1) is 28.1 Å². The minimum Gasteiger partial charge on any atom is -0.468 e. The second kappa shape index (κ2) is 13.7. The minimum atomic E-state index is -0.141. The van der Waals surface area contributed by atoms with Crippen molar-refractivity contribution in [3.05, 3.63) is 168 Å². The van der Waals surface area contributed by atoms with Crippen molar-refractivity contribution in [3.8, 4) is 0 Å². The van der Waals surface area contributed by atoms with Gasteiger partial charge >= 0.3 is 0 Å². The van der Waals surface area contributed by atoms with E-state index in [4.69, 9.17) is 4.42 Å². The Bertz CT molecular complexity index is 3060. The molecule has 6 heteroatoms. The van der Waals surface area contributed by atoms with Crippen molar-refractivity contribution in [2.24, 2.45) is 0 Å². The summed E-state index contributed by atoms with van der Waals surface area (Å²) in [6, 6.07) is 56.5. The summed E-state index contributed by atoms with van der Waals surface area (Å²) in [5.41, 5.74) is 18.7. The van der Waals surface area contributed by atoms with Crippen molar-refractivity contribution in [1.29, 1.82) is 0 Å². The number of hydrogen-bond donors (Lipinski definition) is 0. The van der Waals surface area contributed by atoms with Crippen molar-refractivity contribution in [2.45, 2.75) is 88.3 Å². The van der Waals surface area contributed by atoms with Crippen LogP contribution in [0.1, 0.15) is 79.0 Å². The predicted octanol–water partition coefficient (Wildman–Crippen LogP) is 14.3. The van der Waals surface area contributed by atoms with E-state index in [-0.39, 0.29) is 23.0 Å². The Labute approximate surface area is 371 Å². The highest BCUT2D eigenvalue weighted by Crippen LogP contribution is 2.57. The Morgan fingerprint density at radius 1 is 0.452 bits per heavy atom. The van der Waals surface area contributed by atoms with Crippen molar-refractivity contribution in [1.82, 2.24) is 0 Å². The van der Waals surface area contributed by atoms with Gasteiger partial charge in [-0.3, -0.25) is 0 Å². The summed E-state index contributed by atoms with van der Waals surface area (Å²) in [7, 11) is 0. The van der Waals surface area contributed by atoms with Crippen LogP contribution in [0.4, 0.5) is 51.2 Å². The Balaban J connectivity index is 1.22. The summed E-state index contributed by atoms with van der Waals surface area (Å²) in [5, 5.41) is 1.14. The molecule has 8 aromatic rings. The summed E-state index contributed by atoms with van der Waals surface area (Å²) < 4.78 is 7.45. The lowest BCUT2D eigenvalue weighted by atomic mass is 9.35. The first kappa shape index (κ1) is 38.8. The lowest BCUT2D eigenvalue weighted by Crippen LogP contribution is -2.61. The molecule has 0 N–H and O–H groups in total. The first-order chi connectivity index (χ1) is 29.7. The standard InChI is InChI=1S/C56H52BN3OS/c1-54(2,3)35-22-27-39(28-23-35)58-42-31-26-37(56(7,8)9)34-41(42)57-50-44(58)19-15-20-45(50)60(40-29-24-36(25-30-40)55(4,5)6)51-49-47(61-53(51)57)33-32-46-52(49)62-48-21-14-13-18-43(48)59(46)38-16-11-10-12-17-38/h10-34H,1-9H3. The summed E-state index contributed by atoms with van der Waals surface area (Å²) in [5.74, 6) is 0. The van der Waals surface area contributed by atoms with E-state index in [9.17, 15) is 0 Å². The topological polar surface area (TPSA) is 22.9 Å². The molecule has 0 amide bonds. The van der Waals surface area contributed by atoms with E-state index in [2.05, 4.69) is 229 Å². The van der Waals surface area contributed by atoms with E-state index < -0.39 is 0 Å². The first-order valence-corrected chi connectivity index (χ1v) is 22.8. The fourth-order valence-electron chi connectivity index (χ4n) is 9.80. The van der Waals surface area contributed by atoms with Crippen molar-refractivity contribution < 1.29 is 4.42 Å². The van der Waals surface area contributed by atoms with Crippen LogP contribution in [0, 0.1) is 0 Å². The van der Waals surface area contributed by atoms with Gasteiger partial charge in [0, 0.05) is 43.9 Å². The van der Waals surface area contributed by atoms with Gasteiger partial charge in [-0.25, -0.2) is 0 Å². The Kier molecular flexibility index (Phi) is 8.57. The van der Waals surface area contributed by atoms with Crippen LogP contribution in [0.15, 0.2) is 166 Å². The highest BCUT2D eigenvalue weighted by atomic mass is 32.2. The fourth-order valence-corrected chi connectivity index (χ4v) is 11.0. The number of hydrogen-bond acceptors (Lipinski definition) is 5. The zero-order valence-corrected chi connectivity index (χ0v) is 38.0. The smallest absolute Gasteiger partial charge is 0.297 e. The van der Waals surface area contributed by atoms with Crippen LogP contribution in [0.25, 0.3) is 11.0 Å². The summed E-state index contributed by atoms with van der Waals surface area (Å²) in [6.07, 6.45) is 0. The third-order valence-corrected chi connectivity index (χ3v) is 14.3. The molecule has 0 saturated carbocycles. The molecule has 0 bridgehead atoms. The Morgan fingerprint density at radius 3 is 1.61 bits per heavy atom. The number of furan rings is 1. The molecule has 7 aromatic carbocycles. The molecule has 0 atom stereocenters. The van der Waals surface area contributed by atoms with Gasteiger partial charge in [0.15, 0.2) is 0 Å². The highest BCUT2D eigenvalue weighted by molar-refractivity contribution is 8.00. The van der Waals surface area contributed by atoms with Crippen LogP contribution in [0.3, 0.4) is 0 Å². The molecule has 0 saturated heterocycles. The van der Waals surface area contributed by atoms with Gasteiger partial charge in [0.25, 0.3) is 6.71 Å². The molecular formula is C56H52BN3OS. The van der Waals surface area contributed by atoms with Crippen LogP contribution in [-0.4, -0.2) is 6.71 Å². The first-order valence-electron chi connectivity index (χ1n) is 22.0. The number of rotatable bonds is 3. The summed E-state index contributed by atoms with van der Waals surface area (Å²) in [6.45, 7) is 20.5. The summed E-state index contributed by atoms with van der Waals surface area (Å²) in [4.78, 5) is 9.84. The van der Waals surface area contributed by atoms with Gasteiger partial charge in [-0.15, -0.1) is 0 Å². The van der Waals surface area contributed by atoms with E-state index in [0.717, 1.165) is 45.1 Å². The molecule has 62 heavy (non-hydrogen) atoms. The third kappa shape index (κ3) is 5.97. The molecule has 1 aromatic heterocycles. The minimum absolute atomic E-state index is 0.0203. The largest absolute Gasteiger partial charge is 0.468 e. The molecular weight excluding hydrogens is 774 g/mol. The average molecular weight is 826 g/mol. The molecule has 0 radical (unpaired) electrons. The maximum atomic E-state index is 7.45. The van der Waals surface area contributed by atoms with Crippen LogP contribution in [0.5, 0.6) is 0 Å². The molecule has 3 aliphatic heterocycles. The SMILES string of the molecule is CC(C)(C)c1ccc(N2c3ccc(C(C)(C)C)cc3B3c4oc5ccc6c(c5c4N(c4ccc(C(C)(C)C)cc4)c4cccc2c43)Sc2ccccc2N6c2ccccc2)cc1. The highest BCUT2D eigenvalue weighted by Gasteiger charge is 2.48. The van der Waals surface area contributed by atoms with Crippen LogP contribution in [0.2, 0.25) is 0 Å². The van der Waals surface area contributed by atoms with Crippen LogP contribution in [-0.2, 0) is 16.2 Å². The van der Waals surface area contributed by atoms with E-state index in [1.54, 1.807) is 0 Å². The van der Waals surface area contributed by atoms with Crippen molar-refractivity contribution in [3.63, 3.8) is 0 Å². The predicted molar refractivity (Wildman–Crippen MR) is 265 cm³/mol.